The zero-order valence-corrected chi connectivity index (χ0v) is 14.1. The van der Waals surface area contributed by atoms with Crippen LogP contribution in [0.4, 0.5) is 0 Å². The first kappa shape index (κ1) is 17.5. The molecule has 0 aliphatic heterocycles. The van der Waals surface area contributed by atoms with E-state index in [1.165, 1.54) is 20.4 Å². The van der Waals surface area contributed by atoms with Gasteiger partial charge in [-0.1, -0.05) is 25.5 Å². The molecule has 5 heteroatoms. The lowest BCUT2D eigenvalue weighted by atomic mass is 10.1. The van der Waals surface area contributed by atoms with E-state index in [9.17, 15) is 4.79 Å². The SMILES string of the molecule is CCCC=Cc1cc(OC)c(OC(=O)c2cccnc2)c(OC)c1. The molecular formula is C19H21NO4. The number of rotatable bonds is 7. The van der Waals surface area contributed by atoms with Crippen molar-refractivity contribution in [1.82, 2.24) is 4.98 Å². The fourth-order valence-electron chi connectivity index (χ4n) is 2.12. The average Bonchev–Trinajstić information content (AvgIpc) is 2.63. The van der Waals surface area contributed by atoms with Crippen LogP contribution in [0.1, 0.15) is 35.7 Å². The quantitative estimate of drug-likeness (QED) is 0.565. The molecule has 0 bridgehead atoms. The average molecular weight is 327 g/mol. The van der Waals surface area contributed by atoms with Gasteiger partial charge in [-0.3, -0.25) is 4.98 Å². The summed E-state index contributed by atoms with van der Waals surface area (Å²) in [5, 5.41) is 0. The van der Waals surface area contributed by atoms with Gasteiger partial charge in [0.15, 0.2) is 11.5 Å². The number of aromatic nitrogens is 1. The molecule has 126 valence electrons. The summed E-state index contributed by atoms with van der Waals surface area (Å²) in [4.78, 5) is 16.2. The number of hydrogen-bond acceptors (Lipinski definition) is 5. The highest BCUT2D eigenvalue weighted by Gasteiger charge is 2.18. The number of carbonyl (C=O) groups excluding carboxylic acids is 1. The Morgan fingerprint density at radius 2 is 1.92 bits per heavy atom. The maximum absolute atomic E-state index is 12.3. The molecule has 0 N–H and O–H groups in total. The number of carbonyl (C=O) groups is 1. The molecule has 5 nitrogen and oxygen atoms in total. The molecule has 0 radical (unpaired) electrons. The molecular weight excluding hydrogens is 306 g/mol. The number of ether oxygens (including phenoxy) is 3. The van der Waals surface area contributed by atoms with Crippen LogP contribution in [-0.2, 0) is 0 Å². The van der Waals surface area contributed by atoms with Crippen molar-refractivity contribution in [3.05, 3.63) is 53.9 Å². The van der Waals surface area contributed by atoms with Crippen LogP contribution in [0.25, 0.3) is 6.08 Å². The minimum Gasteiger partial charge on any atom is -0.493 e. The Morgan fingerprint density at radius 1 is 1.21 bits per heavy atom. The molecule has 0 amide bonds. The van der Waals surface area contributed by atoms with Gasteiger partial charge in [0.1, 0.15) is 0 Å². The Kier molecular flexibility index (Phi) is 6.37. The summed E-state index contributed by atoms with van der Waals surface area (Å²) in [7, 11) is 3.05. The highest BCUT2D eigenvalue weighted by atomic mass is 16.6. The third-order valence-electron chi connectivity index (χ3n) is 3.34. The first-order valence-corrected chi connectivity index (χ1v) is 7.74. The smallest absolute Gasteiger partial charge is 0.345 e. The predicted molar refractivity (Wildman–Crippen MR) is 92.7 cm³/mol. The maximum atomic E-state index is 12.3. The molecule has 1 aromatic carbocycles. The van der Waals surface area contributed by atoms with Crippen molar-refractivity contribution < 1.29 is 19.0 Å². The standard InChI is InChI=1S/C19H21NO4/c1-4-5-6-8-14-11-16(22-2)18(17(12-14)23-3)24-19(21)15-9-7-10-20-13-15/h6-13H,4-5H2,1-3H3. The van der Waals surface area contributed by atoms with Crippen molar-refractivity contribution in [3.8, 4) is 17.2 Å². The normalized spacial score (nSPS) is 10.6. The maximum Gasteiger partial charge on any atom is 0.345 e. The summed E-state index contributed by atoms with van der Waals surface area (Å²) in [6.07, 6.45) is 9.17. The second-order valence-electron chi connectivity index (χ2n) is 5.08. The molecule has 0 aliphatic rings. The van der Waals surface area contributed by atoms with Crippen LogP contribution >= 0.6 is 0 Å². The lowest BCUT2D eigenvalue weighted by Gasteiger charge is -2.14. The van der Waals surface area contributed by atoms with E-state index in [0.29, 0.717) is 17.1 Å². The Labute approximate surface area is 141 Å². The van der Waals surface area contributed by atoms with Crippen molar-refractivity contribution in [2.24, 2.45) is 0 Å². The van der Waals surface area contributed by atoms with Crippen molar-refractivity contribution in [1.29, 1.82) is 0 Å². The van der Waals surface area contributed by atoms with E-state index in [4.69, 9.17) is 14.2 Å². The number of hydrogen-bond donors (Lipinski definition) is 0. The van der Waals surface area contributed by atoms with E-state index < -0.39 is 5.97 Å². The van der Waals surface area contributed by atoms with Crippen LogP contribution in [0.2, 0.25) is 0 Å². The summed E-state index contributed by atoms with van der Waals surface area (Å²) in [6.45, 7) is 2.12. The molecule has 24 heavy (non-hydrogen) atoms. The van der Waals surface area contributed by atoms with Crippen LogP contribution < -0.4 is 14.2 Å². The molecule has 0 saturated heterocycles. The molecule has 2 rings (SSSR count). The second kappa shape index (κ2) is 8.72. The summed E-state index contributed by atoms with van der Waals surface area (Å²) < 4.78 is 16.2. The van der Waals surface area contributed by atoms with Gasteiger partial charge in [0.2, 0.25) is 5.75 Å². The Morgan fingerprint density at radius 3 is 2.46 bits per heavy atom. The number of methoxy groups -OCH3 is 2. The number of benzene rings is 1. The van der Waals surface area contributed by atoms with E-state index in [-0.39, 0.29) is 5.75 Å². The van der Waals surface area contributed by atoms with Crippen LogP contribution in [0, 0.1) is 0 Å². The van der Waals surface area contributed by atoms with E-state index >= 15 is 0 Å². The van der Waals surface area contributed by atoms with E-state index in [1.54, 1.807) is 30.5 Å². The third-order valence-corrected chi connectivity index (χ3v) is 3.34. The fraction of sp³-hybridized carbons (Fsp3) is 0.263. The first-order chi connectivity index (χ1) is 11.7. The second-order valence-corrected chi connectivity index (χ2v) is 5.08. The first-order valence-electron chi connectivity index (χ1n) is 7.74. The number of nitrogens with zero attached hydrogens (tertiary/aromatic N) is 1. The fourth-order valence-corrected chi connectivity index (χ4v) is 2.12. The van der Waals surface area contributed by atoms with Gasteiger partial charge in [0, 0.05) is 12.4 Å². The lowest BCUT2D eigenvalue weighted by Crippen LogP contribution is -2.10. The van der Waals surface area contributed by atoms with Gasteiger partial charge >= 0.3 is 5.97 Å². The highest BCUT2D eigenvalue weighted by Crippen LogP contribution is 2.39. The highest BCUT2D eigenvalue weighted by molar-refractivity contribution is 5.91. The van der Waals surface area contributed by atoms with Crippen molar-refractivity contribution >= 4 is 12.0 Å². The monoisotopic (exact) mass is 327 g/mol. The number of allylic oxidation sites excluding steroid dienone is 1. The Hall–Kier alpha value is -2.82. The van der Waals surface area contributed by atoms with Gasteiger partial charge in [-0.05, 0) is 36.2 Å². The molecule has 0 spiro atoms. The van der Waals surface area contributed by atoms with E-state index in [2.05, 4.69) is 18.0 Å². The largest absolute Gasteiger partial charge is 0.493 e. The molecule has 0 fully saturated rings. The summed E-state index contributed by atoms with van der Waals surface area (Å²) >= 11 is 0. The van der Waals surface area contributed by atoms with Crippen LogP contribution in [0.5, 0.6) is 17.2 Å². The summed E-state index contributed by atoms with van der Waals surface area (Å²) in [6, 6.07) is 6.92. The van der Waals surface area contributed by atoms with Gasteiger partial charge in [-0.15, -0.1) is 0 Å². The van der Waals surface area contributed by atoms with Crippen LogP contribution in [0.15, 0.2) is 42.7 Å². The number of pyridine rings is 1. The minimum atomic E-state index is -0.519. The van der Waals surface area contributed by atoms with E-state index in [1.807, 2.05) is 6.08 Å². The third kappa shape index (κ3) is 4.35. The predicted octanol–water partition coefficient (Wildman–Crippen LogP) is 4.13. The van der Waals surface area contributed by atoms with Gasteiger partial charge in [-0.25, -0.2) is 4.79 Å². The zero-order valence-electron chi connectivity index (χ0n) is 14.1. The molecule has 2 aromatic rings. The molecule has 0 atom stereocenters. The molecule has 0 saturated carbocycles. The van der Waals surface area contributed by atoms with Gasteiger partial charge in [0.05, 0.1) is 19.8 Å². The van der Waals surface area contributed by atoms with Gasteiger partial charge in [0.25, 0.3) is 0 Å². The molecule has 0 aliphatic carbocycles. The van der Waals surface area contributed by atoms with E-state index in [0.717, 1.165) is 18.4 Å². The summed E-state index contributed by atoms with van der Waals surface area (Å²) in [5.41, 5.74) is 1.27. The van der Waals surface area contributed by atoms with Gasteiger partial charge in [-0.2, -0.15) is 0 Å². The number of esters is 1. The summed E-state index contributed by atoms with van der Waals surface area (Å²) in [5.74, 6) is 0.598. The van der Waals surface area contributed by atoms with Crippen LogP contribution in [0.3, 0.4) is 0 Å². The molecule has 0 unspecified atom stereocenters. The zero-order chi connectivity index (χ0) is 17.4. The van der Waals surface area contributed by atoms with Gasteiger partial charge < -0.3 is 14.2 Å². The Balaban J connectivity index is 2.33. The van der Waals surface area contributed by atoms with Crippen LogP contribution in [-0.4, -0.2) is 25.2 Å². The number of unbranched alkanes of at least 4 members (excludes halogenated alkanes) is 1. The topological polar surface area (TPSA) is 57.7 Å². The van der Waals surface area contributed by atoms with Crippen molar-refractivity contribution in [3.63, 3.8) is 0 Å². The van der Waals surface area contributed by atoms with Crippen molar-refractivity contribution in [2.75, 3.05) is 14.2 Å². The Bertz CT molecular complexity index is 686. The minimum absolute atomic E-state index is 0.251. The lowest BCUT2D eigenvalue weighted by molar-refractivity contribution is 0.0724. The molecule has 1 heterocycles. The van der Waals surface area contributed by atoms with Crippen molar-refractivity contribution in [2.45, 2.75) is 19.8 Å². The molecule has 1 aromatic heterocycles.